The summed E-state index contributed by atoms with van der Waals surface area (Å²) in [6.07, 6.45) is 7.27. The Hall–Kier alpha value is -2.34. The average Bonchev–Trinajstić information content (AvgIpc) is 3.07. The Bertz CT molecular complexity index is 665. The van der Waals surface area contributed by atoms with Crippen LogP contribution < -0.4 is 15.4 Å². The molecule has 6 nitrogen and oxygen atoms in total. The number of anilines is 1. The Morgan fingerprint density at radius 3 is 2.80 bits per heavy atom. The molecule has 2 heterocycles. The number of hydrogen-bond acceptors (Lipinski definition) is 4. The number of rotatable bonds is 5. The van der Waals surface area contributed by atoms with Gasteiger partial charge in [0.2, 0.25) is 11.8 Å². The smallest absolute Gasteiger partial charge is 0.247 e. The molecule has 0 aliphatic carbocycles. The van der Waals surface area contributed by atoms with E-state index in [9.17, 15) is 9.59 Å². The van der Waals surface area contributed by atoms with Gasteiger partial charge in [-0.05, 0) is 42.9 Å². The lowest BCUT2D eigenvalue weighted by atomic mass is 9.99. The maximum atomic E-state index is 12.3. The molecule has 1 aromatic carbocycles. The maximum Gasteiger partial charge on any atom is 0.247 e. The Labute approximate surface area is 147 Å². The molecule has 134 valence electrons. The van der Waals surface area contributed by atoms with Crippen LogP contribution in [0.2, 0.25) is 0 Å². The standard InChI is InChI=1S/C19H24N2O4/c1-24-17-6-4-14(3-2-13-8-10-25-11-9-13)12-16(17)21-19(23)15-5-7-18(22)20-15/h2-4,6,12-13,15H,5,7-11H2,1H3,(H,20,22)(H,21,23)/b3-2+. The molecule has 25 heavy (non-hydrogen) atoms. The lowest BCUT2D eigenvalue weighted by molar-refractivity contribution is -0.122. The van der Waals surface area contributed by atoms with E-state index in [0.717, 1.165) is 31.6 Å². The first-order valence-corrected chi connectivity index (χ1v) is 8.70. The lowest BCUT2D eigenvalue weighted by Crippen LogP contribution is -2.37. The van der Waals surface area contributed by atoms with Crippen LogP contribution in [0.15, 0.2) is 24.3 Å². The molecule has 1 unspecified atom stereocenters. The SMILES string of the molecule is COc1ccc(/C=C/C2CCOCC2)cc1NC(=O)C1CCC(=O)N1. The zero-order valence-corrected chi connectivity index (χ0v) is 14.4. The molecule has 0 spiro atoms. The normalized spacial score (nSPS) is 21.3. The summed E-state index contributed by atoms with van der Waals surface area (Å²) in [5, 5.41) is 5.55. The summed E-state index contributed by atoms with van der Waals surface area (Å²) in [4.78, 5) is 23.6. The van der Waals surface area contributed by atoms with Gasteiger partial charge in [-0.15, -0.1) is 0 Å². The molecule has 2 amide bonds. The van der Waals surface area contributed by atoms with Crippen LogP contribution in [0.5, 0.6) is 5.75 Å². The van der Waals surface area contributed by atoms with Crippen LogP contribution in [0.4, 0.5) is 5.69 Å². The zero-order chi connectivity index (χ0) is 17.6. The average molecular weight is 344 g/mol. The van der Waals surface area contributed by atoms with E-state index in [2.05, 4.69) is 22.8 Å². The van der Waals surface area contributed by atoms with Crippen molar-refractivity contribution >= 4 is 23.6 Å². The second-order valence-corrected chi connectivity index (χ2v) is 6.42. The van der Waals surface area contributed by atoms with Crippen molar-refractivity contribution in [3.63, 3.8) is 0 Å². The number of allylic oxidation sites excluding steroid dienone is 1. The molecular weight excluding hydrogens is 320 g/mol. The molecule has 2 aliphatic heterocycles. The lowest BCUT2D eigenvalue weighted by Gasteiger charge is -2.18. The third kappa shape index (κ3) is 4.60. The van der Waals surface area contributed by atoms with Gasteiger partial charge in [0, 0.05) is 19.6 Å². The van der Waals surface area contributed by atoms with Crippen molar-refractivity contribution in [2.24, 2.45) is 5.92 Å². The molecule has 1 atom stereocenters. The number of nitrogens with one attached hydrogen (secondary N) is 2. The summed E-state index contributed by atoms with van der Waals surface area (Å²) < 4.78 is 10.7. The Balaban J connectivity index is 1.69. The van der Waals surface area contributed by atoms with Gasteiger partial charge in [-0.1, -0.05) is 18.2 Å². The highest BCUT2D eigenvalue weighted by atomic mass is 16.5. The molecule has 0 radical (unpaired) electrons. The fraction of sp³-hybridized carbons (Fsp3) is 0.474. The first-order chi connectivity index (χ1) is 12.2. The third-order valence-electron chi connectivity index (χ3n) is 4.62. The van der Waals surface area contributed by atoms with Crippen LogP contribution in [0.1, 0.15) is 31.2 Å². The molecule has 6 heteroatoms. The molecule has 2 saturated heterocycles. The number of benzene rings is 1. The second-order valence-electron chi connectivity index (χ2n) is 6.42. The fourth-order valence-electron chi connectivity index (χ4n) is 3.11. The molecule has 3 rings (SSSR count). The number of methoxy groups -OCH3 is 1. The van der Waals surface area contributed by atoms with E-state index in [1.807, 2.05) is 18.2 Å². The predicted molar refractivity (Wildman–Crippen MR) is 95.4 cm³/mol. The van der Waals surface area contributed by atoms with E-state index in [1.54, 1.807) is 7.11 Å². The number of ether oxygens (including phenoxy) is 2. The topological polar surface area (TPSA) is 76.7 Å². The zero-order valence-electron chi connectivity index (χ0n) is 14.4. The highest BCUT2D eigenvalue weighted by Crippen LogP contribution is 2.27. The summed E-state index contributed by atoms with van der Waals surface area (Å²) in [5.74, 6) is 0.832. The molecule has 2 N–H and O–H groups in total. The van der Waals surface area contributed by atoms with E-state index in [0.29, 0.717) is 30.2 Å². The van der Waals surface area contributed by atoms with Crippen LogP contribution in [0, 0.1) is 5.92 Å². The van der Waals surface area contributed by atoms with Crippen molar-refractivity contribution in [1.82, 2.24) is 5.32 Å². The molecule has 0 saturated carbocycles. The molecule has 2 fully saturated rings. The number of carbonyl (C=O) groups excluding carboxylic acids is 2. The van der Waals surface area contributed by atoms with Crippen LogP contribution in [0.25, 0.3) is 6.08 Å². The second kappa shape index (κ2) is 8.16. The third-order valence-corrected chi connectivity index (χ3v) is 4.62. The summed E-state index contributed by atoms with van der Waals surface area (Å²) in [6, 6.07) is 5.22. The van der Waals surface area contributed by atoms with Crippen LogP contribution in [-0.2, 0) is 14.3 Å². The molecule has 0 aromatic heterocycles. The van der Waals surface area contributed by atoms with Crippen LogP contribution in [-0.4, -0.2) is 38.2 Å². The van der Waals surface area contributed by atoms with Gasteiger partial charge < -0.3 is 20.1 Å². The monoisotopic (exact) mass is 344 g/mol. The minimum atomic E-state index is -0.473. The fourth-order valence-corrected chi connectivity index (χ4v) is 3.11. The van der Waals surface area contributed by atoms with Gasteiger partial charge in [-0.25, -0.2) is 0 Å². The summed E-state index contributed by atoms with van der Waals surface area (Å²) >= 11 is 0. The van der Waals surface area contributed by atoms with Crippen molar-refractivity contribution in [1.29, 1.82) is 0 Å². The predicted octanol–water partition coefficient (Wildman–Crippen LogP) is 2.35. The number of hydrogen-bond donors (Lipinski definition) is 2. The van der Waals surface area contributed by atoms with Gasteiger partial charge in [0.15, 0.2) is 0 Å². The summed E-state index contributed by atoms with van der Waals surface area (Å²) in [7, 11) is 1.57. The maximum absolute atomic E-state index is 12.3. The summed E-state index contributed by atoms with van der Waals surface area (Å²) in [5.41, 5.74) is 1.61. The quantitative estimate of drug-likeness (QED) is 0.860. The van der Waals surface area contributed by atoms with E-state index >= 15 is 0 Å². The molecule has 2 aliphatic rings. The highest BCUT2D eigenvalue weighted by molar-refractivity contribution is 6.00. The molecule has 0 bridgehead atoms. The van der Waals surface area contributed by atoms with Gasteiger partial charge in [0.1, 0.15) is 11.8 Å². The van der Waals surface area contributed by atoms with Gasteiger partial charge in [-0.3, -0.25) is 9.59 Å². The van der Waals surface area contributed by atoms with Crippen LogP contribution in [0.3, 0.4) is 0 Å². The molecular formula is C19H24N2O4. The highest BCUT2D eigenvalue weighted by Gasteiger charge is 2.27. The van der Waals surface area contributed by atoms with Crippen molar-refractivity contribution in [3.05, 3.63) is 29.8 Å². The first kappa shape index (κ1) is 17.5. The van der Waals surface area contributed by atoms with Gasteiger partial charge in [0.05, 0.1) is 12.8 Å². The van der Waals surface area contributed by atoms with E-state index in [-0.39, 0.29) is 11.8 Å². The van der Waals surface area contributed by atoms with Crippen molar-refractivity contribution in [2.45, 2.75) is 31.7 Å². The van der Waals surface area contributed by atoms with Crippen molar-refractivity contribution < 1.29 is 19.1 Å². The molecule has 1 aromatic rings. The first-order valence-electron chi connectivity index (χ1n) is 8.70. The van der Waals surface area contributed by atoms with E-state index < -0.39 is 6.04 Å². The number of carbonyl (C=O) groups is 2. The minimum Gasteiger partial charge on any atom is -0.495 e. The number of amides is 2. The van der Waals surface area contributed by atoms with Gasteiger partial charge in [0.25, 0.3) is 0 Å². The van der Waals surface area contributed by atoms with Crippen LogP contribution >= 0.6 is 0 Å². The van der Waals surface area contributed by atoms with Gasteiger partial charge in [-0.2, -0.15) is 0 Å². The van der Waals surface area contributed by atoms with E-state index in [4.69, 9.17) is 9.47 Å². The Morgan fingerprint density at radius 2 is 2.12 bits per heavy atom. The summed E-state index contributed by atoms with van der Waals surface area (Å²) in [6.45, 7) is 1.62. The van der Waals surface area contributed by atoms with Crippen molar-refractivity contribution in [2.75, 3.05) is 25.6 Å². The van der Waals surface area contributed by atoms with E-state index in [1.165, 1.54) is 0 Å². The minimum absolute atomic E-state index is 0.0831. The van der Waals surface area contributed by atoms with Gasteiger partial charge >= 0.3 is 0 Å². The Kier molecular flexibility index (Phi) is 5.71. The largest absolute Gasteiger partial charge is 0.495 e. The Morgan fingerprint density at radius 1 is 1.32 bits per heavy atom. The van der Waals surface area contributed by atoms with Crippen molar-refractivity contribution in [3.8, 4) is 5.75 Å².